The predicted octanol–water partition coefficient (Wildman–Crippen LogP) is 3.84. The van der Waals surface area contributed by atoms with E-state index in [0.29, 0.717) is 4.90 Å². The Morgan fingerprint density at radius 2 is 1.92 bits per heavy atom. The van der Waals surface area contributed by atoms with Gasteiger partial charge in [-0.3, -0.25) is 14.7 Å². The lowest BCUT2D eigenvalue weighted by Crippen LogP contribution is -2.50. The van der Waals surface area contributed by atoms with Crippen LogP contribution in [0.15, 0.2) is 36.7 Å². The number of alkyl halides is 5. The summed E-state index contributed by atoms with van der Waals surface area (Å²) in [4.78, 5) is 16.1. The van der Waals surface area contributed by atoms with Gasteiger partial charge in [-0.2, -0.15) is 22.0 Å². The Bertz CT molecular complexity index is 853. The first-order valence-corrected chi connectivity index (χ1v) is 7.24. The molecular formula is C16H10F6N2O2. The van der Waals surface area contributed by atoms with Crippen LogP contribution in [0.3, 0.4) is 0 Å². The quantitative estimate of drug-likeness (QED) is 0.765. The normalized spacial score (nSPS) is 16.2. The molecule has 2 aromatic rings. The highest BCUT2D eigenvalue weighted by Crippen LogP contribution is 2.43. The van der Waals surface area contributed by atoms with E-state index in [-0.39, 0.29) is 11.3 Å². The fourth-order valence-electron chi connectivity index (χ4n) is 2.58. The third kappa shape index (κ3) is 3.58. The lowest BCUT2D eigenvalue weighted by atomic mass is 10.1. The zero-order valence-corrected chi connectivity index (χ0v) is 12.9. The number of hydrogen-bond donors (Lipinski definition) is 0. The van der Waals surface area contributed by atoms with Gasteiger partial charge in [0, 0.05) is 11.8 Å². The summed E-state index contributed by atoms with van der Waals surface area (Å²) in [7, 11) is 0. The van der Waals surface area contributed by atoms with Crippen molar-refractivity contribution in [3.05, 3.63) is 53.6 Å². The van der Waals surface area contributed by atoms with Gasteiger partial charge < -0.3 is 4.74 Å². The second-order valence-corrected chi connectivity index (χ2v) is 5.58. The molecule has 0 fully saturated rings. The molecule has 0 saturated heterocycles. The zero-order chi connectivity index (χ0) is 19.1. The van der Waals surface area contributed by atoms with Crippen molar-refractivity contribution in [2.45, 2.75) is 25.3 Å². The van der Waals surface area contributed by atoms with E-state index in [2.05, 4.69) is 9.72 Å². The minimum absolute atomic E-state index is 0.0863. The molecule has 0 radical (unpaired) electrons. The zero-order valence-electron chi connectivity index (χ0n) is 12.9. The van der Waals surface area contributed by atoms with Crippen LogP contribution in [0.25, 0.3) is 0 Å². The largest absolute Gasteiger partial charge is 0.483 e. The number of hydrogen-bond acceptors (Lipinski definition) is 3. The topological polar surface area (TPSA) is 42.4 Å². The molecule has 3 rings (SSSR count). The number of anilines is 1. The van der Waals surface area contributed by atoms with Crippen LogP contribution in [0.1, 0.15) is 11.1 Å². The van der Waals surface area contributed by atoms with Crippen molar-refractivity contribution < 1.29 is 35.9 Å². The van der Waals surface area contributed by atoms with Gasteiger partial charge in [-0.05, 0) is 17.7 Å². The Hall–Kier alpha value is -2.78. The lowest BCUT2D eigenvalue weighted by Gasteiger charge is -2.34. The Balaban J connectivity index is 2.06. The summed E-state index contributed by atoms with van der Waals surface area (Å²) < 4.78 is 83.5. The number of para-hydroxylation sites is 1. The van der Waals surface area contributed by atoms with Crippen LogP contribution >= 0.6 is 0 Å². The van der Waals surface area contributed by atoms with Gasteiger partial charge >= 0.3 is 18.2 Å². The number of aromatic nitrogens is 1. The van der Waals surface area contributed by atoms with Crippen molar-refractivity contribution in [2.24, 2.45) is 0 Å². The number of carbonyl (C=O) groups excluding carboxylic acids is 1. The highest BCUT2D eigenvalue weighted by Gasteiger charge is 2.51. The van der Waals surface area contributed by atoms with Crippen molar-refractivity contribution in [1.29, 1.82) is 0 Å². The molecule has 0 unspecified atom stereocenters. The maximum absolute atomic E-state index is 13.9. The van der Waals surface area contributed by atoms with Gasteiger partial charge in [0.15, 0.2) is 5.75 Å². The molecule has 0 atom stereocenters. The Morgan fingerprint density at radius 3 is 2.58 bits per heavy atom. The molecule has 0 aliphatic carbocycles. The van der Waals surface area contributed by atoms with E-state index < -0.39 is 48.3 Å². The summed E-state index contributed by atoms with van der Waals surface area (Å²) in [6.45, 7) is -0.509. The SMILES string of the molecule is O=C1N(Cc2cncc(F)c2)c2cccc(CC(F)(F)F)c2OC1(F)F. The highest BCUT2D eigenvalue weighted by molar-refractivity contribution is 6.01. The average Bonchev–Trinajstić information content (AvgIpc) is 2.51. The third-order valence-corrected chi connectivity index (χ3v) is 3.58. The molecule has 0 N–H and O–H groups in total. The molecule has 4 nitrogen and oxygen atoms in total. The first-order chi connectivity index (χ1) is 12.1. The first-order valence-electron chi connectivity index (χ1n) is 7.24. The van der Waals surface area contributed by atoms with Gasteiger partial charge in [0.25, 0.3) is 0 Å². The minimum atomic E-state index is -4.66. The van der Waals surface area contributed by atoms with Crippen LogP contribution in [0.4, 0.5) is 32.0 Å². The van der Waals surface area contributed by atoms with E-state index >= 15 is 0 Å². The van der Waals surface area contributed by atoms with Crippen molar-refractivity contribution in [3.8, 4) is 5.75 Å². The van der Waals surface area contributed by atoms with Crippen LogP contribution in [0, 0.1) is 5.82 Å². The van der Waals surface area contributed by atoms with E-state index in [1.165, 1.54) is 12.1 Å². The van der Waals surface area contributed by atoms with E-state index in [1.54, 1.807) is 0 Å². The van der Waals surface area contributed by atoms with Gasteiger partial charge in [-0.15, -0.1) is 0 Å². The van der Waals surface area contributed by atoms with E-state index in [0.717, 1.165) is 24.5 Å². The monoisotopic (exact) mass is 376 g/mol. The number of ether oxygens (including phenoxy) is 1. The summed E-state index contributed by atoms with van der Waals surface area (Å²) in [5.74, 6) is -3.25. The molecule has 1 aromatic carbocycles. The summed E-state index contributed by atoms with van der Waals surface area (Å²) in [5, 5.41) is 0. The second kappa shape index (κ2) is 6.19. The van der Waals surface area contributed by atoms with Crippen molar-refractivity contribution in [3.63, 3.8) is 0 Å². The molecule has 0 bridgehead atoms. The number of carbonyl (C=O) groups is 1. The van der Waals surface area contributed by atoms with E-state index in [9.17, 15) is 31.1 Å². The van der Waals surface area contributed by atoms with Gasteiger partial charge in [0.05, 0.1) is 24.8 Å². The molecule has 2 heterocycles. The minimum Gasteiger partial charge on any atom is -0.423 e. The number of pyridine rings is 1. The van der Waals surface area contributed by atoms with Gasteiger partial charge in [0.2, 0.25) is 0 Å². The number of rotatable bonds is 3. The summed E-state index contributed by atoms with van der Waals surface area (Å²) >= 11 is 0. The highest BCUT2D eigenvalue weighted by atomic mass is 19.4. The molecule has 1 amide bonds. The Kier molecular flexibility index (Phi) is 4.29. The predicted molar refractivity (Wildman–Crippen MR) is 77.2 cm³/mol. The van der Waals surface area contributed by atoms with Gasteiger partial charge in [0.1, 0.15) is 5.82 Å². The van der Waals surface area contributed by atoms with Crippen molar-refractivity contribution in [1.82, 2.24) is 4.98 Å². The summed E-state index contributed by atoms with van der Waals surface area (Å²) in [5.41, 5.74) is -0.709. The fraction of sp³-hybridized carbons (Fsp3) is 0.250. The number of halogens is 6. The van der Waals surface area contributed by atoms with Gasteiger partial charge in [-0.25, -0.2) is 4.39 Å². The van der Waals surface area contributed by atoms with Crippen molar-refractivity contribution in [2.75, 3.05) is 4.90 Å². The number of nitrogens with zero attached hydrogens (tertiary/aromatic N) is 2. The van der Waals surface area contributed by atoms with Crippen LogP contribution < -0.4 is 9.64 Å². The van der Waals surface area contributed by atoms with Crippen molar-refractivity contribution >= 4 is 11.6 Å². The lowest BCUT2D eigenvalue weighted by molar-refractivity contribution is -0.193. The molecule has 10 heteroatoms. The summed E-state index contributed by atoms with van der Waals surface area (Å²) in [6, 6.07) is 4.33. The molecule has 138 valence electrons. The maximum atomic E-state index is 13.9. The molecule has 0 spiro atoms. The molecular weight excluding hydrogens is 366 g/mol. The molecule has 1 aliphatic heterocycles. The van der Waals surface area contributed by atoms with E-state index in [1.807, 2.05) is 0 Å². The van der Waals surface area contributed by atoms with Crippen LogP contribution in [0.5, 0.6) is 5.75 Å². The van der Waals surface area contributed by atoms with Crippen LogP contribution in [0.2, 0.25) is 0 Å². The maximum Gasteiger partial charge on any atom is 0.483 e. The summed E-state index contributed by atoms with van der Waals surface area (Å²) in [6.07, 6.45) is -8.48. The number of amides is 1. The molecule has 1 aliphatic rings. The second-order valence-electron chi connectivity index (χ2n) is 5.58. The smallest absolute Gasteiger partial charge is 0.423 e. The Labute approximate surface area is 143 Å². The van der Waals surface area contributed by atoms with Crippen LogP contribution in [-0.4, -0.2) is 23.2 Å². The van der Waals surface area contributed by atoms with Gasteiger partial charge in [-0.1, -0.05) is 12.1 Å². The fourth-order valence-corrected chi connectivity index (χ4v) is 2.58. The number of fused-ring (bicyclic) bond motifs is 1. The molecule has 0 saturated carbocycles. The Morgan fingerprint density at radius 1 is 1.19 bits per heavy atom. The average molecular weight is 376 g/mol. The first kappa shape index (κ1) is 18.0. The third-order valence-electron chi connectivity index (χ3n) is 3.58. The number of benzene rings is 1. The molecule has 26 heavy (non-hydrogen) atoms. The van der Waals surface area contributed by atoms with Crippen LogP contribution in [-0.2, 0) is 17.8 Å². The molecule has 1 aromatic heterocycles. The van der Waals surface area contributed by atoms with E-state index in [4.69, 9.17) is 0 Å². The standard InChI is InChI=1S/C16H10F6N2O2/c17-11-4-9(6-23-7-11)8-24-12-3-1-2-10(5-15(18,19)20)13(12)26-16(21,22)14(24)25/h1-4,6-7H,5,8H2.